The SMILES string of the molecule is COc1ccc2c(c1)CCN1CCC(CNC(C)=S)CC21. The molecule has 2 unspecified atom stereocenters. The summed E-state index contributed by atoms with van der Waals surface area (Å²) in [5, 5.41) is 3.35. The summed E-state index contributed by atoms with van der Waals surface area (Å²) in [6.45, 7) is 5.37. The van der Waals surface area contributed by atoms with Gasteiger partial charge in [-0.15, -0.1) is 0 Å². The van der Waals surface area contributed by atoms with E-state index in [-0.39, 0.29) is 0 Å². The predicted molar refractivity (Wildman–Crippen MR) is 90.0 cm³/mol. The molecule has 1 aromatic rings. The third-order valence-corrected chi connectivity index (χ3v) is 4.98. The molecule has 1 saturated heterocycles. The number of methoxy groups -OCH3 is 1. The molecule has 2 aliphatic rings. The molecule has 114 valence electrons. The lowest BCUT2D eigenvalue weighted by atomic mass is 9.82. The van der Waals surface area contributed by atoms with Crippen molar-refractivity contribution in [3.8, 4) is 5.75 Å². The quantitative estimate of drug-likeness (QED) is 0.868. The van der Waals surface area contributed by atoms with Gasteiger partial charge in [-0.3, -0.25) is 4.90 Å². The first-order valence-electron chi connectivity index (χ1n) is 7.82. The lowest BCUT2D eigenvalue weighted by molar-refractivity contribution is 0.104. The van der Waals surface area contributed by atoms with E-state index in [2.05, 4.69) is 28.4 Å². The Kier molecular flexibility index (Phi) is 4.45. The lowest BCUT2D eigenvalue weighted by Crippen LogP contribution is -2.43. The molecule has 0 saturated carbocycles. The van der Waals surface area contributed by atoms with Gasteiger partial charge in [0.15, 0.2) is 0 Å². The monoisotopic (exact) mass is 304 g/mol. The molecular formula is C17H24N2OS. The van der Waals surface area contributed by atoms with Gasteiger partial charge in [-0.2, -0.15) is 0 Å². The summed E-state index contributed by atoms with van der Waals surface area (Å²) in [4.78, 5) is 3.56. The van der Waals surface area contributed by atoms with Crippen LogP contribution in [0.4, 0.5) is 0 Å². The molecular weight excluding hydrogens is 280 g/mol. The highest BCUT2D eigenvalue weighted by Crippen LogP contribution is 2.39. The van der Waals surface area contributed by atoms with Gasteiger partial charge in [0.2, 0.25) is 0 Å². The van der Waals surface area contributed by atoms with Crippen molar-refractivity contribution in [3.63, 3.8) is 0 Å². The average Bonchev–Trinajstić information content (AvgIpc) is 2.51. The van der Waals surface area contributed by atoms with Crippen LogP contribution in [0.1, 0.15) is 36.9 Å². The van der Waals surface area contributed by atoms with Gasteiger partial charge < -0.3 is 10.1 Å². The Balaban J connectivity index is 1.75. The number of ether oxygens (including phenoxy) is 1. The minimum atomic E-state index is 0.575. The van der Waals surface area contributed by atoms with Crippen molar-refractivity contribution in [2.75, 3.05) is 26.7 Å². The van der Waals surface area contributed by atoms with E-state index in [1.165, 1.54) is 37.1 Å². The largest absolute Gasteiger partial charge is 0.497 e. The number of hydrogen-bond donors (Lipinski definition) is 1. The first-order chi connectivity index (χ1) is 10.2. The smallest absolute Gasteiger partial charge is 0.119 e. The molecule has 2 aliphatic heterocycles. The van der Waals surface area contributed by atoms with Gasteiger partial charge in [-0.05, 0) is 61.9 Å². The third-order valence-electron chi connectivity index (χ3n) is 4.84. The van der Waals surface area contributed by atoms with Gasteiger partial charge in [-0.25, -0.2) is 0 Å². The Bertz CT molecular complexity index is 532. The van der Waals surface area contributed by atoms with E-state index in [1.807, 2.05) is 6.92 Å². The van der Waals surface area contributed by atoms with Crippen LogP contribution in [-0.4, -0.2) is 36.6 Å². The molecule has 1 fully saturated rings. The van der Waals surface area contributed by atoms with Crippen molar-refractivity contribution in [1.82, 2.24) is 10.2 Å². The highest BCUT2D eigenvalue weighted by molar-refractivity contribution is 7.80. The summed E-state index contributed by atoms with van der Waals surface area (Å²) in [6, 6.07) is 7.16. The minimum Gasteiger partial charge on any atom is -0.497 e. The van der Waals surface area contributed by atoms with Crippen LogP contribution in [0, 0.1) is 5.92 Å². The van der Waals surface area contributed by atoms with E-state index in [0.29, 0.717) is 6.04 Å². The third kappa shape index (κ3) is 3.22. The zero-order chi connectivity index (χ0) is 14.8. The summed E-state index contributed by atoms with van der Waals surface area (Å²) < 4.78 is 5.36. The number of thiocarbonyl (C=S) groups is 1. The summed E-state index contributed by atoms with van der Waals surface area (Å²) in [6.07, 6.45) is 3.65. The Morgan fingerprint density at radius 2 is 2.29 bits per heavy atom. The molecule has 4 heteroatoms. The summed E-state index contributed by atoms with van der Waals surface area (Å²) in [7, 11) is 1.74. The topological polar surface area (TPSA) is 24.5 Å². The van der Waals surface area contributed by atoms with Crippen LogP contribution in [0.5, 0.6) is 5.75 Å². The Labute approximate surface area is 132 Å². The molecule has 0 spiro atoms. The van der Waals surface area contributed by atoms with Gasteiger partial charge in [-0.1, -0.05) is 18.3 Å². The molecule has 0 amide bonds. The van der Waals surface area contributed by atoms with Gasteiger partial charge >= 0.3 is 0 Å². The van der Waals surface area contributed by atoms with E-state index in [9.17, 15) is 0 Å². The number of benzene rings is 1. The standard InChI is InChI=1S/C17H24N2OS/c1-12(21)18-11-13-5-7-19-8-6-14-10-15(20-2)3-4-16(14)17(19)9-13/h3-4,10,13,17H,5-9,11H2,1-2H3,(H,18,21). The molecule has 1 N–H and O–H groups in total. The molecule has 3 nitrogen and oxygen atoms in total. The Morgan fingerprint density at radius 3 is 3.05 bits per heavy atom. The lowest BCUT2D eigenvalue weighted by Gasteiger charge is -2.43. The second-order valence-electron chi connectivity index (χ2n) is 6.19. The summed E-state index contributed by atoms with van der Waals surface area (Å²) in [5.74, 6) is 1.70. The molecule has 0 aromatic heterocycles. The number of nitrogens with zero attached hydrogens (tertiary/aromatic N) is 1. The number of rotatable bonds is 3. The number of fused-ring (bicyclic) bond motifs is 3. The van der Waals surface area contributed by atoms with Gasteiger partial charge in [0, 0.05) is 19.1 Å². The van der Waals surface area contributed by atoms with E-state index in [0.717, 1.165) is 29.6 Å². The molecule has 21 heavy (non-hydrogen) atoms. The van der Waals surface area contributed by atoms with Crippen LogP contribution in [0.2, 0.25) is 0 Å². The Hall–Kier alpha value is -1.13. The molecule has 3 rings (SSSR count). The predicted octanol–water partition coefficient (Wildman–Crippen LogP) is 2.94. The fourth-order valence-corrected chi connectivity index (χ4v) is 3.75. The van der Waals surface area contributed by atoms with Crippen LogP contribution in [0.25, 0.3) is 0 Å². The van der Waals surface area contributed by atoms with Crippen molar-refractivity contribution < 1.29 is 4.74 Å². The first kappa shape index (κ1) is 14.8. The van der Waals surface area contributed by atoms with Crippen molar-refractivity contribution in [3.05, 3.63) is 29.3 Å². The van der Waals surface area contributed by atoms with Gasteiger partial charge in [0.1, 0.15) is 5.75 Å². The molecule has 0 aliphatic carbocycles. The number of nitrogens with one attached hydrogen (secondary N) is 1. The van der Waals surface area contributed by atoms with E-state index in [4.69, 9.17) is 17.0 Å². The highest BCUT2D eigenvalue weighted by atomic mass is 32.1. The van der Waals surface area contributed by atoms with E-state index < -0.39 is 0 Å². The molecule has 0 radical (unpaired) electrons. The van der Waals surface area contributed by atoms with Gasteiger partial charge in [0.05, 0.1) is 12.1 Å². The fourth-order valence-electron chi connectivity index (χ4n) is 3.67. The van der Waals surface area contributed by atoms with Crippen LogP contribution < -0.4 is 10.1 Å². The van der Waals surface area contributed by atoms with Gasteiger partial charge in [0.25, 0.3) is 0 Å². The maximum Gasteiger partial charge on any atom is 0.119 e. The minimum absolute atomic E-state index is 0.575. The van der Waals surface area contributed by atoms with Crippen molar-refractivity contribution in [2.45, 2.75) is 32.2 Å². The summed E-state index contributed by atoms with van der Waals surface area (Å²) >= 11 is 5.13. The van der Waals surface area contributed by atoms with Crippen LogP contribution >= 0.6 is 12.2 Å². The van der Waals surface area contributed by atoms with Crippen molar-refractivity contribution in [1.29, 1.82) is 0 Å². The average molecular weight is 304 g/mol. The normalized spacial score (nSPS) is 24.9. The molecule has 0 bridgehead atoms. The number of hydrogen-bond acceptors (Lipinski definition) is 3. The second-order valence-corrected chi connectivity index (χ2v) is 6.81. The maximum atomic E-state index is 5.36. The molecule has 1 aromatic carbocycles. The zero-order valence-electron chi connectivity index (χ0n) is 12.9. The van der Waals surface area contributed by atoms with E-state index >= 15 is 0 Å². The fraction of sp³-hybridized carbons (Fsp3) is 0.588. The highest BCUT2D eigenvalue weighted by Gasteiger charge is 2.33. The Morgan fingerprint density at radius 1 is 1.43 bits per heavy atom. The van der Waals surface area contributed by atoms with Crippen LogP contribution in [0.15, 0.2) is 18.2 Å². The first-order valence-corrected chi connectivity index (χ1v) is 8.23. The van der Waals surface area contributed by atoms with E-state index in [1.54, 1.807) is 7.11 Å². The second kappa shape index (κ2) is 6.32. The van der Waals surface area contributed by atoms with Crippen molar-refractivity contribution >= 4 is 17.2 Å². The zero-order valence-corrected chi connectivity index (χ0v) is 13.7. The maximum absolute atomic E-state index is 5.36. The number of piperidine rings is 1. The molecule has 2 heterocycles. The summed E-state index contributed by atoms with van der Waals surface area (Å²) in [5.41, 5.74) is 2.97. The van der Waals surface area contributed by atoms with Crippen LogP contribution in [-0.2, 0) is 6.42 Å². The molecule has 2 atom stereocenters. The van der Waals surface area contributed by atoms with Crippen LogP contribution in [0.3, 0.4) is 0 Å². The van der Waals surface area contributed by atoms with Crippen molar-refractivity contribution in [2.24, 2.45) is 5.92 Å².